The van der Waals surface area contributed by atoms with Gasteiger partial charge in [0.05, 0.1) is 7.11 Å². The van der Waals surface area contributed by atoms with Crippen LogP contribution >= 0.6 is 0 Å². The van der Waals surface area contributed by atoms with Gasteiger partial charge >= 0.3 is 0 Å². The van der Waals surface area contributed by atoms with Crippen LogP contribution in [-0.4, -0.2) is 13.0 Å². The Morgan fingerprint density at radius 3 is 2.68 bits per heavy atom. The fraction of sp³-hybridized carbons (Fsp3) is 0.111. The van der Waals surface area contributed by atoms with Crippen LogP contribution in [0.5, 0.6) is 5.75 Å². The Hall–Kier alpha value is -3.06. The van der Waals surface area contributed by atoms with Crippen LogP contribution in [0.3, 0.4) is 0 Å². The molecule has 0 aromatic heterocycles. The van der Waals surface area contributed by atoms with Crippen LogP contribution in [0.2, 0.25) is 0 Å². The van der Waals surface area contributed by atoms with Crippen LogP contribution < -0.4 is 10.1 Å². The largest absolute Gasteiger partial charge is 0.497 e. The lowest BCUT2D eigenvalue weighted by Crippen LogP contribution is -2.14. The fourth-order valence-electron chi connectivity index (χ4n) is 1.95. The minimum atomic E-state index is -0.431. The number of hydrogen-bond donors (Lipinski definition) is 1. The standard InChI is InChI=1S/C18H16N2O2/c1-13-6-3-4-9-17(13)20-18(21)15(12-19)10-14-7-5-8-16(11-14)22-2/h3-11H,1-2H3,(H,20,21). The van der Waals surface area contributed by atoms with Crippen LogP contribution in [0.15, 0.2) is 54.1 Å². The molecule has 0 heterocycles. The average molecular weight is 292 g/mol. The molecule has 22 heavy (non-hydrogen) atoms. The van der Waals surface area contributed by atoms with Gasteiger partial charge in [-0.1, -0.05) is 30.3 Å². The molecule has 0 fully saturated rings. The van der Waals surface area contributed by atoms with Gasteiger partial charge in [-0.15, -0.1) is 0 Å². The SMILES string of the molecule is COc1cccc(C=C(C#N)C(=O)Nc2ccccc2C)c1. The second-order valence-electron chi connectivity index (χ2n) is 4.72. The molecule has 0 radical (unpaired) electrons. The van der Waals surface area contributed by atoms with E-state index in [1.165, 1.54) is 6.08 Å². The maximum Gasteiger partial charge on any atom is 0.266 e. The smallest absolute Gasteiger partial charge is 0.266 e. The lowest BCUT2D eigenvalue weighted by Gasteiger charge is -2.07. The fourth-order valence-corrected chi connectivity index (χ4v) is 1.95. The number of hydrogen-bond acceptors (Lipinski definition) is 3. The first-order valence-electron chi connectivity index (χ1n) is 6.77. The summed E-state index contributed by atoms with van der Waals surface area (Å²) in [6.45, 7) is 1.90. The molecule has 4 nitrogen and oxygen atoms in total. The quantitative estimate of drug-likeness (QED) is 0.692. The van der Waals surface area contributed by atoms with E-state index < -0.39 is 5.91 Å². The van der Waals surface area contributed by atoms with Gasteiger partial charge in [0, 0.05) is 5.69 Å². The van der Waals surface area contributed by atoms with E-state index in [1.54, 1.807) is 37.4 Å². The summed E-state index contributed by atoms with van der Waals surface area (Å²) >= 11 is 0. The van der Waals surface area contributed by atoms with Crippen molar-refractivity contribution in [2.24, 2.45) is 0 Å². The van der Waals surface area contributed by atoms with Crippen molar-refractivity contribution >= 4 is 17.7 Å². The summed E-state index contributed by atoms with van der Waals surface area (Å²) in [5, 5.41) is 12.0. The lowest BCUT2D eigenvalue weighted by atomic mass is 10.1. The van der Waals surface area contributed by atoms with Crippen molar-refractivity contribution in [3.8, 4) is 11.8 Å². The highest BCUT2D eigenvalue weighted by Gasteiger charge is 2.10. The number of methoxy groups -OCH3 is 1. The van der Waals surface area contributed by atoms with E-state index in [0.29, 0.717) is 11.4 Å². The first kappa shape index (κ1) is 15.3. The molecule has 1 N–H and O–H groups in total. The molecular weight excluding hydrogens is 276 g/mol. The molecular formula is C18H16N2O2. The summed E-state index contributed by atoms with van der Waals surface area (Å²) in [4.78, 5) is 12.2. The molecule has 0 atom stereocenters. The maximum absolute atomic E-state index is 12.2. The molecule has 1 amide bonds. The van der Waals surface area contributed by atoms with Crippen molar-refractivity contribution < 1.29 is 9.53 Å². The Kier molecular flexibility index (Phi) is 4.94. The van der Waals surface area contributed by atoms with E-state index in [0.717, 1.165) is 11.1 Å². The van der Waals surface area contributed by atoms with Crippen molar-refractivity contribution in [2.75, 3.05) is 12.4 Å². The maximum atomic E-state index is 12.2. The number of nitriles is 1. The Labute approximate surface area is 129 Å². The van der Waals surface area contributed by atoms with Crippen molar-refractivity contribution in [2.45, 2.75) is 6.92 Å². The van der Waals surface area contributed by atoms with Gasteiger partial charge in [0.25, 0.3) is 5.91 Å². The molecule has 0 aliphatic carbocycles. The van der Waals surface area contributed by atoms with Crippen LogP contribution in [0.1, 0.15) is 11.1 Å². The number of rotatable bonds is 4. The number of para-hydroxylation sites is 1. The van der Waals surface area contributed by atoms with Gasteiger partial charge in [-0.2, -0.15) is 5.26 Å². The number of nitrogens with one attached hydrogen (secondary N) is 1. The topological polar surface area (TPSA) is 62.1 Å². The normalized spacial score (nSPS) is 10.7. The summed E-state index contributed by atoms with van der Waals surface area (Å²) in [5.41, 5.74) is 2.40. The number of ether oxygens (including phenoxy) is 1. The number of anilines is 1. The zero-order chi connectivity index (χ0) is 15.9. The van der Waals surface area contributed by atoms with Crippen LogP contribution in [0.4, 0.5) is 5.69 Å². The number of amides is 1. The predicted octanol–water partition coefficient (Wildman–Crippen LogP) is 3.55. The van der Waals surface area contributed by atoms with Crippen molar-refractivity contribution in [3.63, 3.8) is 0 Å². The highest BCUT2D eigenvalue weighted by Crippen LogP contribution is 2.17. The number of carbonyl (C=O) groups is 1. The molecule has 4 heteroatoms. The van der Waals surface area contributed by atoms with Crippen LogP contribution in [-0.2, 0) is 4.79 Å². The highest BCUT2D eigenvalue weighted by atomic mass is 16.5. The van der Waals surface area contributed by atoms with Crippen molar-refractivity contribution in [3.05, 3.63) is 65.2 Å². The van der Waals surface area contributed by atoms with Gasteiger partial charge < -0.3 is 10.1 Å². The van der Waals surface area contributed by atoms with E-state index in [1.807, 2.05) is 31.2 Å². The van der Waals surface area contributed by atoms with Crippen LogP contribution in [0, 0.1) is 18.3 Å². The average Bonchev–Trinajstić information content (AvgIpc) is 2.54. The number of aryl methyl sites for hydroxylation is 1. The molecule has 0 aliphatic heterocycles. The molecule has 0 aliphatic rings. The molecule has 0 spiro atoms. The van der Waals surface area contributed by atoms with Gasteiger partial charge in [0.2, 0.25) is 0 Å². The molecule has 2 aromatic rings. The molecule has 2 aromatic carbocycles. The van der Waals surface area contributed by atoms with Gasteiger partial charge in [-0.3, -0.25) is 4.79 Å². The van der Waals surface area contributed by atoms with E-state index in [-0.39, 0.29) is 5.57 Å². The van der Waals surface area contributed by atoms with Crippen molar-refractivity contribution in [1.29, 1.82) is 5.26 Å². The summed E-state index contributed by atoms with van der Waals surface area (Å²) < 4.78 is 5.13. The second-order valence-corrected chi connectivity index (χ2v) is 4.72. The number of benzene rings is 2. The zero-order valence-corrected chi connectivity index (χ0v) is 12.5. The third-order valence-corrected chi connectivity index (χ3v) is 3.16. The van der Waals surface area contributed by atoms with Gasteiger partial charge in [0.15, 0.2) is 0 Å². The minimum absolute atomic E-state index is 0.0384. The molecule has 0 bridgehead atoms. The predicted molar refractivity (Wildman–Crippen MR) is 86.4 cm³/mol. The number of nitrogens with zero attached hydrogens (tertiary/aromatic N) is 1. The van der Waals surface area contributed by atoms with E-state index in [4.69, 9.17) is 4.74 Å². The third-order valence-electron chi connectivity index (χ3n) is 3.16. The Morgan fingerprint density at radius 1 is 1.23 bits per heavy atom. The summed E-state index contributed by atoms with van der Waals surface area (Å²) in [6, 6.07) is 16.5. The zero-order valence-electron chi connectivity index (χ0n) is 12.5. The molecule has 110 valence electrons. The Morgan fingerprint density at radius 2 is 2.00 bits per heavy atom. The van der Waals surface area contributed by atoms with Gasteiger partial charge in [-0.25, -0.2) is 0 Å². The Balaban J connectivity index is 2.24. The van der Waals surface area contributed by atoms with E-state index in [9.17, 15) is 10.1 Å². The Bertz CT molecular complexity index is 758. The van der Waals surface area contributed by atoms with Crippen LogP contribution in [0.25, 0.3) is 6.08 Å². The highest BCUT2D eigenvalue weighted by molar-refractivity contribution is 6.09. The second kappa shape index (κ2) is 7.09. The van der Waals surface area contributed by atoms with Gasteiger partial charge in [-0.05, 0) is 42.3 Å². The first-order chi connectivity index (χ1) is 10.6. The monoisotopic (exact) mass is 292 g/mol. The lowest BCUT2D eigenvalue weighted by molar-refractivity contribution is -0.112. The van der Waals surface area contributed by atoms with Gasteiger partial charge in [0.1, 0.15) is 17.4 Å². The van der Waals surface area contributed by atoms with E-state index >= 15 is 0 Å². The molecule has 0 unspecified atom stereocenters. The van der Waals surface area contributed by atoms with E-state index in [2.05, 4.69) is 5.32 Å². The summed E-state index contributed by atoms with van der Waals surface area (Å²) in [6.07, 6.45) is 1.54. The summed E-state index contributed by atoms with van der Waals surface area (Å²) in [7, 11) is 1.57. The van der Waals surface area contributed by atoms with Crippen molar-refractivity contribution in [1.82, 2.24) is 0 Å². The molecule has 2 rings (SSSR count). The molecule has 0 saturated heterocycles. The third kappa shape index (κ3) is 3.74. The first-order valence-corrected chi connectivity index (χ1v) is 6.77. The summed E-state index contributed by atoms with van der Waals surface area (Å²) in [5.74, 6) is 0.241. The minimum Gasteiger partial charge on any atom is -0.497 e. The number of carbonyl (C=O) groups excluding carboxylic acids is 1. The molecule has 0 saturated carbocycles.